The summed E-state index contributed by atoms with van der Waals surface area (Å²) in [6.45, 7) is 4.30. The number of nitrogens with zero attached hydrogens (tertiary/aromatic N) is 1. The maximum absolute atomic E-state index is 12.1. The summed E-state index contributed by atoms with van der Waals surface area (Å²) >= 11 is 0. The van der Waals surface area contributed by atoms with E-state index in [-0.39, 0.29) is 0 Å². The summed E-state index contributed by atoms with van der Waals surface area (Å²) in [5.41, 5.74) is 0. The van der Waals surface area contributed by atoms with E-state index in [1.807, 2.05) is 0 Å². The highest BCUT2D eigenvalue weighted by Crippen LogP contribution is 2.30. The zero-order valence-corrected chi connectivity index (χ0v) is 13.6. The zero-order chi connectivity index (χ0) is 14.6. The van der Waals surface area contributed by atoms with Crippen LogP contribution in [0.3, 0.4) is 0 Å². The molecule has 0 spiro atoms. The lowest BCUT2D eigenvalue weighted by Gasteiger charge is -2.21. The molecule has 5 nitrogen and oxygen atoms in total. The first kappa shape index (κ1) is 16.2. The molecule has 0 aromatic rings. The lowest BCUT2D eigenvalue weighted by atomic mass is 9.99. The average molecular weight is 303 g/mol. The van der Waals surface area contributed by atoms with Gasteiger partial charge in [-0.25, -0.2) is 4.72 Å². The Morgan fingerprint density at radius 2 is 1.95 bits per heavy atom. The first-order valence-electron chi connectivity index (χ1n) is 7.93. The summed E-state index contributed by atoms with van der Waals surface area (Å²) in [4.78, 5) is 0. The van der Waals surface area contributed by atoms with Gasteiger partial charge in [-0.1, -0.05) is 19.8 Å². The van der Waals surface area contributed by atoms with E-state index in [1.54, 1.807) is 7.05 Å². The van der Waals surface area contributed by atoms with Gasteiger partial charge < -0.3 is 5.32 Å². The molecule has 0 radical (unpaired) electrons. The first-order valence-corrected chi connectivity index (χ1v) is 9.37. The van der Waals surface area contributed by atoms with Crippen LogP contribution < -0.4 is 10.0 Å². The molecular weight excluding hydrogens is 274 g/mol. The molecule has 2 fully saturated rings. The molecule has 2 aliphatic rings. The fraction of sp³-hybridized carbons (Fsp3) is 1.00. The van der Waals surface area contributed by atoms with E-state index in [0.717, 1.165) is 19.4 Å². The molecule has 0 aromatic heterocycles. The third-order valence-electron chi connectivity index (χ3n) is 4.64. The Labute approximate surface area is 123 Å². The van der Waals surface area contributed by atoms with E-state index in [4.69, 9.17) is 0 Å². The molecule has 20 heavy (non-hydrogen) atoms. The fourth-order valence-corrected chi connectivity index (χ4v) is 3.88. The van der Waals surface area contributed by atoms with E-state index in [9.17, 15) is 8.42 Å². The molecule has 0 heterocycles. The Balaban J connectivity index is 1.64. The Bertz CT molecular complexity index is 395. The Morgan fingerprint density at radius 3 is 2.55 bits per heavy atom. The summed E-state index contributed by atoms with van der Waals surface area (Å²) in [5.74, 6) is 1.15. The molecule has 6 heteroatoms. The van der Waals surface area contributed by atoms with Crippen molar-refractivity contribution in [3.63, 3.8) is 0 Å². The topological polar surface area (TPSA) is 61.4 Å². The molecule has 0 amide bonds. The van der Waals surface area contributed by atoms with Gasteiger partial charge in [0, 0.05) is 26.2 Å². The van der Waals surface area contributed by atoms with Crippen LogP contribution in [-0.4, -0.2) is 45.4 Å². The molecule has 2 rings (SSSR count). The largest absolute Gasteiger partial charge is 0.314 e. The van der Waals surface area contributed by atoms with E-state index in [1.165, 1.54) is 30.0 Å². The minimum Gasteiger partial charge on any atom is -0.314 e. The van der Waals surface area contributed by atoms with Gasteiger partial charge in [-0.2, -0.15) is 12.7 Å². The Morgan fingerprint density at radius 1 is 1.20 bits per heavy atom. The molecule has 2 atom stereocenters. The van der Waals surface area contributed by atoms with Crippen molar-refractivity contribution in [1.82, 2.24) is 14.3 Å². The van der Waals surface area contributed by atoms with Gasteiger partial charge in [0.15, 0.2) is 0 Å². The van der Waals surface area contributed by atoms with Crippen LogP contribution in [0.2, 0.25) is 0 Å². The predicted molar refractivity (Wildman–Crippen MR) is 81.7 cm³/mol. The SMILES string of the molecule is CC1CCCC1CNS(=O)(=O)N(C)CCCNC1CC1. The van der Waals surface area contributed by atoms with Crippen molar-refractivity contribution in [3.05, 3.63) is 0 Å². The van der Waals surface area contributed by atoms with Crippen LogP contribution in [0.5, 0.6) is 0 Å². The molecule has 2 N–H and O–H groups in total. The van der Waals surface area contributed by atoms with Gasteiger partial charge in [0.1, 0.15) is 0 Å². The zero-order valence-electron chi connectivity index (χ0n) is 12.8. The van der Waals surface area contributed by atoms with Gasteiger partial charge in [0.2, 0.25) is 0 Å². The van der Waals surface area contributed by atoms with E-state index in [2.05, 4.69) is 17.0 Å². The van der Waals surface area contributed by atoms with Gasteiger partial charge in [0.05, 0.1) is 0 Å². The number of hydrogen-bond acceptors (Lipinski definition) is 3. The van der Waals surface area contributed by atoms with E-state index >= 15 is 0 Å². The van der Waals surface area contributed by atoms with Gasteiger partial charge in [-0.05, 0) is 44.1 Å². The summed E-state index contributed by atoms with van der Waals surface area (Å²) in [7, 11) is -1.64. The molecule has 0 saturated heterocycles. The van der Waals surface area contributed by atoms with Crippen LogP contribution in [0, 0.1) is 11.8 Å². The minimum atomic E-state index is -3.30. The summed E-state index contributed by atoms with van der Waals surface area (Å²) < 4.78 is 28.5. The van der Waals surface area contributed by atoms with Crippen LogP contribution in [-0.2, 0) is 10.2 Å². The molecule has 0 bridgehead atoms. The summed E-state index contributed by atoms with van der Waals surface area (Å²) in [5, 5.41) is 3.40. The van der Waals surface area contributed by atoms with E-state index < -0.39 is 10.2 Å². The molecule has 0 aliphatic heterocycles. The smallest absolute Gasteiger partial charge is 0.279 e. The molecular formula is C14H29N3O2S. The third kappa shape index (κ3) is 4.98. The van der Waals surface area contributed by atoms with Crippen molar-refractivity contribution in [2.75, 3.05) is 26.7 Å². The molecule has 118 valence electrons. The summed E-state index contributed by atoms with van der Waals surface area (Å²) in [6.07, 6.45) is 7.03. The van der Waals surface area contributed by atoms with Crippen molar-refractivity contribution in [3.8, 4) is 0 Å². The van der Waals surface area contributed by atoms with Gasteiger partial charge in [0.25, 0.3) is 10.2 Å². The molecule has 2 aliphatic carbocycles. The Kier molecular flexibility index (Phi) is 5.84. The first-order chi connectivity index (χ1) is 9.49. The standard InChI is InChI=1S/C14H29N3O2S/c1-12-5-3-6-13(12)11-16-20(18,19)17(2)10-4-9-15-14-7-8-14/h12-16H,3-11H2,1-2H3. The lowest BCUT2D eigenvalue weighted by molar-refractivity contribution is 0.398. The fourth-order valence-electron chi connectivity index (χ4n) is 2.86. The van der Waals surface area contributed by atoms with Crippen LogP contribution >= 0.6 is 0 Å². The van der Waals surface area contributed by atoms with Crippen LogP contribution in [0.15, 0.2) is 0 Å². The summed E-state index contributed by atoms with van der Waals surface area (Å²) in [6, 6.07) is 0.693. The number of hydrogen-bond donors (Lipinski definition) is 2. The van der Waals surface area contributed by atoms with Crippen molar-refractivity contribution in [2.45, 2.75) is 51.5 Å². The molecule has 0 aromatic carbocycles. The molecule has 2 unspecified atom stereocenters. The average Bonchev–Trinajstić information content (AvgIpc) is 3.14. The highest BCUT2D eigenvalue weighted by molar-refractivity contribution is 7.87. The van der Waals surface area contributed by atoms with Crippen molar-refractivity contribution >= 4 is 10.2 Å². The maximum atomic E-state index is 12.1. The third-order valence-corrected chi connectivity index (χ3v) is 6.17. The number of nitrogens with one attached hydrogen (secondary N) is 2. The van der Waals surface area contributed by atoms with Crippen LogP contribution in [0.25, 0.3) is 0 Å². The van der Waals surface area contributed by atoms with Gasteiger partial charge >= 0.3 is 0 Å². The van der Waals surface area contributed by atoms with Crippen molar-refractivity contribution in [2.24, 2.45) is 11.8 Å². The lowest BCUT2D eigenvalue weighted by Crippen LogP contribution is -2.41. The van der Waals surface area contributed by atoms with E-state index in [0.29, 0.717) is 31.0 Å². The predicted octanol–water partition coefficient (Wildman–Crippen LogP) is 1.33. The van der Waals surface area contributed by atoms with Gasteiger partial charge in [-0.15, -0.1) is 0 Å². The highest BCUT2D eigenvalue weighted by Gasteiger charge is 2.26. The van der Waals surface area contributed by atoms with Crippen molar-refractivity contribution < 1.29 is 8.42 Å². The second kappa shape index (κ2) is 7.20. The molecule has 2 saturated carbocycles. The Hall–Kier alpha value is -0.170. The number of rotatable bonds is 9. The highest BCUT2D eigenvalue weighted by atomic mass is 32.2. The van der Waals surface area contributed by atoms with Gasteiger partial charge in [-0.3, -0.25) is 0 Å². The second-order valence-electron chi connectivity index (χ2n) is 6.43. The van der Waals surface area contributed by atoms with Crippen molar-refractivity contribution in [1.29, 1.82) is 0 Å². The second-order valence-corrected chi connectivity index (χ2v) is 8.29. The van der Waals surface area contributed by atoms with Crippen LogP contribution in [0.1, 0.15) is 45.4 Å². The maximum Gasteiger partial charge on any atom is 0.279 e. The quantitative estimate of drug-likeness (QED) is 0.632. The minimum absolute atomic E-state index is 0.509. The van der Waals surface area contributed by atoms with Crippen LogP contribution in [0.4, 0.5) is 0 Å². The normalized spacial score (nSPS) is 27.4. The monoisotopic (exact) mass is 303 g/mol.